The number of nitrogens with two attached hydrogens (primary N) is 1. The van der Waals surface area contributed by atoms with Gasteiger partial charge in [-0.25, -0.2) is 0 Å². The molecule has 3 heteroatoms. The van der Waals surface area contributed by atoms with Crippen LogP contribution in [0.25, 0.3) is 0 Å². The molecule has 0 aliphatic rings. The van der Waals surface area contributed by atoms with Crippen molar-refractivity contribution in [3.63, 3.8) is 0 Å². The van der Waals surface area contributed by atoms with Crippen LogP contribution in [0.4, 0.5) is 5.69 Å². The Hall–Kier alpha value is -0.700. The standard InChI is InChI=1S/C7H8BrNO.C2H6/c1-10-7-3-2-5(9)4-6(7)8;1-2/h2-4H,9H2,1H3;1-2H3. The van der Waals surface area contributed by atoms with E-state index in [1.165, 1.54) is 0 Å². The zero-order valence-corrected chi connectivity index (χ0v) is 9.18. The van der Waals surface area contributed by atoms with Crippen LogP contribution in [0.5, 0.6) is 5.75 Å². The van der Waals surface area contributed by atoms with Gasteiger partial charge in [0.2, 0.25) is 0 Å². The highest BCUT2D eigenvalue weighted by molar-refractivity contribution is 9.10. The average molecular weight is 232 g/mol. The highest BCUT2D eigenvalue weighted by Crippen LogP contribution is 2.25. The van der Waals surface area contributed by atoms with Crippen LogP contribution in [0.1, 0.15) is 13.8 Å². The predicted molar refractivity (Wildman–Crippen MR) is 56.5 cm³/mol. The Kier molecular flexibility index (Phi) is 5.54. The molecule has 0 radical (unpaired) electrons. The molecule has 0 amide bonds. The van der Waals surface area contributed by atoms with Gasteiger partial charge in [-0.15, -0.1) is 0 Å². The van der Waals surface area contributed by atoms with Gasteiger partial charge in [-0.2, -0.15) is 0 Å². The number of rotatable bonds is 1. The van der Waals surface area contributed by atoms with E-state index < -0.39 is 0 Å². The van der Waals surface area contributed by atoms with Gasteiger partial charge < -0.3 is 10.5 Å². The van der Waals surface area contributed by atoms with Crippen LogP contribution in [0.3, 0.4) is 0 Å². The number of halogens is 1. The smallest absolute Gasteiger partial charge is 0.133 e. The minimum atomic E-state index is 0.729. The maximum Gasteiger partial charge on any atom is 0.133 e. The maximum atomic E-state index is 5.50. The van der Waals surface area contributed by atoms with Gasteiger partial charge in [0.25, 0.3) is 0 Å². The van der Waals surface area contributed by atoms with Gasteiger partial charge >= 0.3 is 0 Å². The number of ether oxygens (including phenoxy) is 1. The third kappa shape index (κ3) is 3.13. The number of benzene rings is 1. The van der Waals surface area contributed by atoms with Crippen LogP contribution in [-0.4, -0.2) is 7.11 Å². The molecule has 0 bridgehead atoms. The summed E-state index contributed by atoms with van der Waals surface area (Å²) in [5, 5.41) is 0. The van der Waals surface area contributed by atoms with Crippen molar-refractivity contribution >= 4 is 21.6 Å². The van der Waals surface area contributed by atoms with E-state index in [1.807, 2.05) is 19.9 Å². The number of methoxy groups -OCH3 is 1. The SMILES string of the molecule is CC.COc1ccc(N)cc1Br. The van der Waals surface area contributed by atoms with Crippen molar-refractivity contribution in [2.24, 2.45) is 0 Å². The van der Waals surface area contributed by atoms with Crippen LogP contribution < -0.4 is 10.5 Å². The van der Waals surface area contributed by atoms with E-state index in [1.54, 1.807) is 19.2 Å². The quantitative estimate of drug-likeness (QED) is 0.755. The normalized spacial score (nSPS) is 8.33. The van der Waals surface area contributed by atoms with Crippen LogP contribution in [0.15, 0.2) is 22.7 Å². The Morgan fingerprint density at radius 3 is 2.33 bits per heavy atom. The zero-order chi connectivity index (χ0) is 9.56. The van der Waals surface area contributed by atoms with Crippen molar-refractivity contribution in [1.29, 1.82) is 0 Å². The molecule has 0 aliphatic carbocycles. The summed E-state index contributed by atoms with van der Waals surface area (Å²) in [7, 11) is 1.62. The summed E-state index contributed by atoms with van der Waals surface area (Å²) in [6.07, 6.45) is 0. The third-order valence-corrected chi connectivity index (χ3v) is 1.80. The Balaban J connectivity index is 0.000000561. The first-order valence-electron chi connectivity index (χ1n) is 3.83. The average Bonchev–Trinajstić information content (AvgIpc) is 2.08. The van der Waals surface area contributed by atoms with E-state index in [2.05, 4.69) is 15.9 Å². The molecule has 0 spiro atoms. The molecular formula is C9H14BrNO. The summed E-state index contributed by atoms with van der Waals surface area (Å²) in [4.78, 5) is 0. The highest BCUT2D eigenvalue weighted by Gasteiger charge is 1.97. The van der Waals surface area contributed by atoms with Crippen molar-refractivity contribution in [3.05, 3.63) is 22.7 Å². The summed E-state index contributed by atoms with van der Waals surface area (Å²) in [6.45, 7) is 4.00. The molecular weight excluding hydrogens is 218 g/mol. The van der Waals surface area contributed by atoms with Gasteiger partial charge in [0.05, 0.1) is 11.6 Å². The molecule has 1 rings (SSSR count). The largest absolute Gasteiger partial charge is 0.496 e. The summed E-state index contributed by atoms with van der Waals surface area (Å²) >= 11 is 3.30. The highest BCUT2D eigenvalue weighted by atomic mass is 79.9. The lowest BCUT2D eigenvalue weighted by Crippen LogP contribution is -1.87. The fourth-order valence-corrected chi connectivity index (χ4v) is 1.24. The minimum Gasteiger partial charge on any atom is -0.496 e. The molecule has 0 saturated heterocycles. The molecule has 1 aromatic carbocycles. The second kappa shape index (κ2) is 5.89. The number of hydrogen-bond acceptors (Lipinski definition) is 2. The van der Waals surface area contributed by atoms with Crippen LogP contribution >= 0.6 is 15.9 Å². The molecule has 68 valence electrons. The van der Waals surface area contributed by atoms with Gasteiger partial charge in [0, 0.05) is 5.69 Å². The van der Waals surface area contributed by atoms with E-state index in [0.717, 1.165) is 15.9 Å². The van der Waals surface area contributed by atoms with E-state index in [9.17, 15) is 0 Å². The second-order valence-electron chi connectivity index (χ2n) is 1.89. The number of nitrogen functional groups attached to an aromatic ring is 1. The summed E-state index contributed by atoms with van der Waals surface area (Å²) in [6, 6.07) is 5.42. The second-order valence-corrected chi connectivity index (χ2v) is 2.75. The van der Waals surface area contributed by atoms with E-state index in [-0.39, 0.29) is 0 Å². The molecule has 0 aromatic heterocycles. The first-order chi connectivity index (χ1) is 5.74. The topological polar surface area (TPSA) is 35.2 Å². The molecule has 2 nitrogen and oxygen atoms in total. The molecule has 0 unspecified atom stereocenters. The van der Waals surface area contributed by atoms with Gasteiger partial charge in [-0.05, 0) is 34.1 Å². The number of hydrogen-bond donors (Lipinski definition) is 1. The Labute approximate surface area is 81.9 Å². The molecule has 0 atom stereocenters. The minimum absolute atomic E-state index is 0.729. The Morgan fingerprint density at radius 2 is 1.92 bits per heavy atom. The molecule has 0 fully saturated rings. The van der Waals surface area contributed by atoms with Crippen LogP contribution in [0, 0.1) is 0 Å². The van der Waals surface area contributed by atoms with E-state index in [4.69, 9.17) is 10.5 Å². The molecule has 0 heterocycles. The zero-order valence-electron chi connectivity index (χ0n) is 7.60. The Morgan fingerprint density at radius 1 is 1.33 bits per heavy atom. The third-order valence-electron chi connectivity index (χ3n) is 1.18. The number of anilines is 1. The lowest BCUT2D eigenvalue weighted by Gasteiger charge is -2.01. The lowest BCUT2D eigenvalue weighted by molar-refractivity contribution is 0.412. The Bertz CT molecular complexity index is 238. The van der Waals surface area contributed by atoms with Crippen molar-refractivity contribution in [2.45, 2.75) is 13.8 Å². The molecule has 0 aliphatic heterocycles. The molecule has 2 N–H and O–H groups in total. The summed E-state index contributed by atoms with van der Waals surface area (Å²) in [5.41, 5.74) is 6.23. The predicted octanol–water partition coefficient (Wildman–Crippen LogP) is 3.07. The molecule has 12 heavy (non-hydrogen) atoms. The fraction of sp³-hybridized carbons (Fsp3) is 0.333. The molecule has 0 saturated carbocycles. The first kappa shape index (κ1) is 11.3. The van der Waals surface area contributed by atoms with Gasteiger partial charge in [-0.1, -0.05) is 13.8 Å². The monoisotopic (exact) mass is 231 g/mol. The van der Waals surface area contributed by atoms with Crippen molar-refractivity contribution in [2.75, 3.05) is 12.8 Å². The van der Waals surface area contributed by atoms with Crippen LogP contribution in [0.2, 0.25) is 0 Å². The fourth-order valence-electron chi connectivity index (χ4n) is 0.683. The summed E-state index contributed by atoms with van der Waals surface area (Å²) < 4.78 is 5.88. The van der Waals surface area contributed by atoms with Crippen molar-refractivity contribution < 1.29 is 4.74 Å². The van der Waals surface area contributed by atoms with E-state index in [0.29, 0.717) is 0 Å². The first-order valence-corrected chi connectivity index (χ1v) is 4.62. The van der Waals surface area contributed by atoms with Gasteiger partial charge in [0.15, 0.2) is 0 Å². The van der Waals surface area contributed by atoms with Crippen molar-refractivity contribution in [3.8, 4) is 5.75 Å². The van der Waals surface area contributed by atoms with Gasteiger partial charge in [-0.3, -0.25) is 0 Å². The maximum absolute atomic E-state index is 5.50. The van der Waals surface area contributed by atoms with E-state index >= 15 is 0 Å². The van der Waals surface area contributed by atoms with Crippen LogP contribution in [-0.2, 0) is 0 Å². The van der Waals surface area contributed by atoms with Crippen molar-refractivity contribution in [1.82, 2.24) is 0 Å². The van der Waals surface area contributed by atoms with Gasteiger partial charge in [0.1, 0.15) is 5.75 Å². The molecule has 1 aromatic rings. The lowest BCUT2D eigenvalue weighted by atomic mass is 10.3. The summed E-state index contributed by atoms with van der Waals surface area (Å²) in [5.74, 6) is 0.800.